The number of fused-ring (bicyclic) bond motifs is 1. The van der Waals surface area contributed by atoms with Crippen molar-refractivity contribution in [1.82, 2.24) is 0 Å². The summed E-state index contributed by atoms with van der Waals surface area (Å²) in [5, 5.41) is 9.83. The van der Waals surface area contributed by atoms with Crippen LogP contribution in [0.4, 0.5) is 0 Å². The van der Waals surface area contributed by atoms with Gasteiger partial charge in [0.15, 0.2) is 0 Å². The Morgan fingerprint density at radius 2 is 2.21 bits per heavy atom. The minimum atomic E-state index is -0.221. The van der Waals surface area contributed by atoms with Gasteiger partial charge in [0, 0.05) is 5.56 Å². The molecule has 2 rings (SSSR count). The minimum absolute atomic E-state index is 0.221. The lowest BCUT2D eigenvalue weighted by molar-refractivity contribution is -0.135. The maximum atomic E-state index is 11.0. The number of carbonyl (C=O) groups excluding carboxylic acids is 1. The molecule has 0 amide bonds. The molecule has 0 fully saturated rings. The van der Waals surface area contributed by atoms with E-state index in [1.165, 1.54) is 0 Å². The first kappa shape index (κ1) is 9.06. The van der Waals surface area contributed by atoms with Crippen LogP contribution in [0.15, 0.2) is 12.1 Å². The van der Waals surface area contributed by atoms with E-state index in [-0.39, 0.29) is 11.7 Å². The number of aromatic hydroxyl groups is 1. The standard InChI is InChI=1S/C11H12O3/c1-2-7-3-5-9-8(11(7)13)4-6-10(12)14-9/h3,5,13H,2,4,6H2,1H3. The van der Waals surface area contributed by atoms with E-state index >= 15 is 0 Å². The molecule has 1 aliphatic heterocycles. The van der Waals surface area contributed by atoms with E-state index in [4.69, 9.17) is 4.74 Å². The molecule has 0 spiro atoms. The zero-order valence-corrected chi connectivity index (χ0v) is 8.04. The molecule has 1 aromatic carbocycles. The molecular weight excluding hydrogens is 180 g/mol. The molecule has 3 nitrogen and oxygen atoms in total. The summed E-state index contributed by atoms with van der Waals surface area (Å²) in [7, 11) is 0. The van der Waals surface area contributed by atoms with Gasteiger partial charge in [0.1, 0.15) is 11.5 Å². The maximum absolute atomic E-state index is 11.0. The molecule has 0 unspecified atom stereocenters. The number of benzene rings is 1. The highest BCUT2D eigenvalue weighted by Gasteiger charge is 2.21. The fourth-order valence-electron chi connectivity index (χ4n) is 1.69. The summed E-state index contributed by atoms with van der Waals surface area (Å²) in [5.41, 5.74) is 1.67. The normalized spacial score (nSPS) is 14.8. The zero-order valence-electron chi connectivity index (χ0n) is 8.04. The van der Waals surface area contributed by atoms with Gasteiger partial charge in [0.2, 0.25) is 0 Å². The van der Waals surface area contributed by atoms with Crippen LogP contribution in [0.3, 0.4) is 0 Å². The summed E-state index contributed by atoms with van der Waals surface area (Å²) in [5.74, 6) is 0.578. The molecule has 0 aromatic heterocycles. The van der Waals surface area contributed by atoms with Crippen molar-refractivity contribution >= 4 is 5.97 Å². The average Bonchev–Trinajstić information content (AvgIpc) is 2.18. The molecule has 3 heteroatoms. The highest BCUT2D eigenvalue weighted by atomic mass is 16.5. The first-order valence-corrected chi connectivity index (χ1v) is 4.76. The molecule has 14 heavy (non-hydrogen) atoms. The van der Waals surface area contributed by atoms with Gasteiger partial charge in [-0.2, -0.15) is 0 Å². The molecule has 1 aliphatic rings. The van der Waals surface area contributed by atoms with Gasteiger partial charge >= 0.3 is 5.97 Å². The first-order valence-electron chi connectivity index (χ1n) is 4.76. The van der Waals surface area contributed by atoms with Crippen molar-refractivity contribution in [3.8, 4) is 11.5 Å². The van der Waals surface area contributed by atoms with E-state index in [1.54, 1.807) is 12.1 Å². The van der Waals surface area contributed by atoms with Crippen LogP contribution < -0.4 is 4.74 Å². The Bertz CT molecular complexity index is 382. The zero-order chi connectivity index (χ0) is 10.1. The second-order valence-electron chi connectivity index (χ2n) is 3.38. The van der Waals surface area contributed by atoms with E-state index in [1.807, 2.05) is 6.92 Å². The molecule has 74 valence electrons. The molecular formula is C11H12O3. The summed E-state index contributed by atoms with van der Waals surface area (Å²) in [4.78, 5) is 11.0. The molecule has 0 saturated carbocycles. The van der Waals surface area contributed by atoms with Gasteiger partial charge in [0.25, 0.3) is 0 Å². The third kappa shape index (κ3) is 1.35. The van der Waals surface area contributed by atoms with Gasteiger partial charge in [-0.3, -0.25) is 4.79 Å². The summed E-state index contributed by atoms with van der Waals surface area (Å²) >= 11 is 0. The molecule has 1 N–H and O–H groups in total. The van der Waals surface area contributed by atoms with E-state index in [0.717, 1.165) is 17.5 Å². The SMILES string of the molecule is CCc1ccc2c(c1O)CCC(=O)O2. The Balaban J connectivity index is 2.48. The highest BCUT2D eigenvalue weighted by Crippen LogP contribution is 2.35. The molecule has 0 radical (unpaired) electrons. The number of phenols is 1. The van der Waals surface area contributed by atoms with Gasteiger partial charge in [0.05, 0.1) is 6.42 Å². The van der Waals surface area contributed by atoms with E-state index < -0.39 is 0 Å². The van der Waals surface area contributed by atoms with E-state index in [0.29, 0.717) is 18.6 Å². The number of hydrogen-bond donors (Lipinski definition) is 1. The number of hydrogen-bond acceptors (Lipinski definition) is 3. The van der Waals surface area contributed by atoms with Crippen LogP contribution in [0, 0.1) is 0 Å². The van der Waals surface area contributed by atoms with Crippen LogP contribution >= 0.6 is 0 Å². The number of phenolic OH excluding ortho intramolecular Hbond substituents is 1. The van der Waals surface area contributed by atoms with Crippen LogP contribution in [0.5, 0.6) is 11.5 Å². The van der Waals surface area contributed by atoms with Gasteiger partial charge in [-0.1, -0.05) is 13.0 Å². The Kier molecular flexibility index (Phi) is 2.15. The van der Waals surface area contributed by atoms with E-state index in [2.05, 4.69) is 0 Å². The van der Waals surface area contributed by atoms with E-state index in [9.17, 15) is 9.90 Å². The van der Waals surface area contributed by atoms with Gasteiger partial charge in [-0.25, -0.2) is 0 Å². The topological polar surface area (TPSA) is 46.5 Å². The van der Waals surface area contributed by atoms with Crippen molar-refractivity contribution in [2.75, 3.05) is 0 Å². The van der Waals surface area contributed by atoms with Gasteiger partial charge < -0.3 is 9.84 Å². The molecule has 0 aliphatic carbocycles. The smallest absolute Gasteiger partial charge is 0.311 e. The average molecular weight is 192 g/mol. The Hall–Kier alpha value is -1.51. The van der Waals surface area contributed by atoms with Crippen molar-refractivity contribution in [2.45, 2.75) is 26.2 Å². The predicted molar refractivity (Wildman–Crippen MR) is 51.4 cm³/mol. The number of carbonyl (C=O) groups is 1. The minimum Gasteiger partial charge on any atom is -0.507 e. The van der Waals surface area contributed by atoms with Gasteiger partial charge in [-0.15, -0.1) is 0 Å². The van der Waals surface area contributed by atoms with Crippen molar-refractivity contribution in [3.05, 3.63) is 23.3 Å². The Morgan fingerprint density at radius 3 is 2.93 bits per heavy atom. The molecule has 0 bridgehead atoms. The summed E-state index contributed by atoms with van der Waals surface area (Å²) in [6.07, 6.45) is 1.72. The lowest BCUT2D eigenvalue weighted by atomic mass is 10.0. The largest absolute Gasteiger partial charge is 0.507 e. The number of rotatable bonds is 1. The lowest BCUT2D eigenvalue weighted by Crippen LogP contribution is -2.16. The summed E-state index contributed by atoms with van der Waals surface area (Å²) < 4.78 is 5.01. The fourth-order valence-corrected chi connectivity index (χ4v) is 1.69. The molecule has 0 saturated heterocycles. The van der Waals surface area contributed by atoms with Gasteiger partial charge in [-0.05, 0) is 24.5 Å². The van der Waals surface area contributed by atoms with Crippen LogP contribution in [-0.4, -0.2) is 11.1 Å². The Morgan fingerprint density at radius 1 is 1.43 bits per heavy atom. The molecule has 0 atom stereocenters. The van der Waals surface area contributed by atoms with Crippen LogP contribution in [0.2, 0.25) is 0 Å². The van der Waals surface area contributed by atoms with Crippen molar-refractivity contribution < 1.29 is 14.6 Å². The van der Waals surface area contributed by atoms with Crippen molar-refractivity contribution in [1.29, 1.82) is 0 Å². The summed E-state index contributed by atoms with van der Waals surface area (Å²) in [6.45, 7) is 1.98. The monoisotopic (exact) mass is 192 g/mol. The van der Waals surface area contributed by atoms with Crippen LogP contribution in [0.1, 0.15) is 24.5 Å². The first-order chi connectivity index (χ1) is 6.72. The highest BCUT2D eigenvalue weighted by molar-refractivity contribution is 5.76. The lowest BCUT2D eigenvalue weighted by Gasteiger charge is -2.17. The third-order valence-electron chi connectivity index (χ3n) is 2.51. The number of aryl methyl sites for hydroxylation is 1. The quantitative estimate of drug-likeness (QED) is 0.545. The van der Waals surface area contributed by atoms with Crippen molar-refractivity contribution in [2.24, 2.45) is 0 Å². The second-order valence-corrected chi connectivity index (χ2v) is 3.38. The summed E-state index contributed by atoms with van der Waals surface area (Å²) in [6, 6.07) is 3.55. The Labute approximate surface area is 82.3 Å². The van der Waals surface area contributed by atoms with Crippen LogP contribution in [0.25, 0.3) is 0 Å². The fraction of sp³-hybridized carbons (Fsp3) is 0.364. The van der Waals surface area contributed by atoms with Crippen molar-refractivity contribution in [3.63, 3.8) is 0 Å². The maximum Gasteiger partial charge on any atom is 0.311 e. The molecule has 1 aromatic rings. The number of esters is 1. The predicted octanol–water partition coefficient (Wildman–Crippen LogP) is 1.81. The third-order valence-corrected chi connectivity index (χ3v) is 2.51. The number of ether oxygens (including phenoxy) is 1. The van der Waals surface area contributed by atoms with Crippen LogP contribution in [-0.2, 0) is 17.6 Å². The second kappa shape index (κ2) is 3.33. The molecule has 1 heterocycles.